The smallest absolute Gasteiger partial charge is 0.203 e. The molecule has 18 heavy (non-hydrogen) atoms. The molecule has 0 saturated heterocycles. The second kappa shape index (κ2) is 4.82. The van der Waals surface area contributed by atoms with Crippen molar-refractivity contribution in [3.05, 3.63) is 22.2 Å². The number of rotatable bonds is 2. The number of nitrogen functional groups attached to an aromatic ring is 1. The first-order valence-corrected chi connectivity index (χ1v) is 7.85. The molecule has 1 aromatic carbocycles. The van der Waals surface area contributed by atoms with Crippen LogP contribution in [0.5, 0.6) is 0 Å². The van der Waals surface area contributed by atoms with Gasteiger partial charge in [-0.05, 0) is 23.9 Å². The lowest BCUT2D eigenvalue weighted by atomic mass is 10.3. The van der Waals surface area contributed by atoms with Crippen LogP contribution in [-0.4, -0.2) is 15.2 Å². The van der Waals surface area contributed by atoms with E-state index in [2.05, 4.69) is 15.2 Å². The Morgan fingerprint density at radius 2 is 1.94 bits per heavy atom. The summed E-state index contributed by atoms with van der Waals surface area (Å²) in [5, 5.41) is 9.29. The van der Waals surface area contributed by atoms with Crippen LogP contribution in [-0.2, 0) is 0 Å². The maximum absolute atomic E-state index is 6.09. The van der Waals surface area contributed by atoms with Crippen molar-refractivity contribution in [3.8, 4) is 0 Å². The number of aromatic nitrogens is 3. The summed E-state index contributed by atoms with van der Waals surface area (Å²) in [6.07, 6.45) is 0. The molecule has 3 rings (SSSR count). The zero-order chi connectivity index (χ0) is 12.7. The fourth-order valence-electron chi connectivity index (χ4n) is 1.32. The molecule has 0 radical (unpaired) electrons. The van der Waals surface area contributed by atoms with Crippen molar-refractivity contribution in [3.63, 3.8) is 0 Å². The predicted molar refractivity (Wildman–Crippen MR) is 78.1 cm³/mol. The number of hydrogen-bond acceptors (Lipinski definition) is 7. The van der Waals surface area contributed by atoms with E-state index in [4.69, 9.17) is 28.9 Å². The maximum Gasteiger partial charge on any atom is 0.203 e. The van der Waals surface area contributed by atoms with Gasteiger partial charge >= 0.3 is 0 Å². The number of anilines is 1. The molecule has 0 spiro atoms. The fraction of sp³-hybridized carbons (Fsp3) is 0. The Bertz CT molecular complexity index is 724. The number of fused-ring (bicyclic) bond motifs is 1. The van der Waals surface area contributed by atoms with Gasteiger partial charge < -0.3 is 5.73 Å². The Balaban J connectivity index is 2.01. The average Bonchev–Trinajstić information content (AvgIpc) is 2.85. The van der Waals surface area contributed by atoms with Crippen molar-refractivity contribution in [1.82, 2.24) is 15.2 Å². The third kappa shape index (κ3) is 2.41. The molecule has 92 valence electrons. The summed E-state index contributed by atoms with van der Waals surface area (Å²) in [4.78, 5) is 4.45. The van der Waals surface area contributed by atoms with Gasteiger partial charge in [-0.2, -0.15) is 0 Å². The van der Waals surface area contributed by atoms with Crippen molar-refractivity contribution in [2.24, 2.45) is 0 Å². The largest absolute Gasteiger partial charge is 0.374 e. The van der Waals surface area contributed by atoms with Gasteiger partial charge in [-0.1, -0.05) is 34.5 Å². The molecule has 3 aromatic rings. The zero-order valence-electron chi connectivity index (χ0n) is 8.55. The number of thiazole rings is 1. The lowest BCUT2D eigenvalue weighted by Crippen LogP contribution is -1.79. The van der Waals surface area contributed by atoms with E-state index in [1.807, 2.05) is 6.07 Å². The number of nitrogens with two attached hydrogens (primary N) is 1. The summed E-state index contributed by atoms with van der Waals surface area (Å²) in [7, 11) is 0. The standard InChI is InChI=1S/C9H4Cl2N4S3/c10-3-1-4(11)6-5(2-3)16-8(13-6)18-9-15-14-7(12)17-9/h1-2H,(H2,12,14). The van der Waals surface area contributed by atoms with E-state index in [0.717, 1.165) is 18.9 Å². The van der Waals surface area contributed by atoms with Gasteiger partial charge in [0.1, 0.15) is 5.52 Å². The Morgan fingerprint density at radius 3 is 2.67 bits per heavy atom. The Hall–Kier alpha value is -0.600. The van der Waals surface area contributed by atoms with Crippen LogP contribution >= 0.6 is 57.6 Å². The molecular weight excluding hydrogens is 331 g/mol. The second-order valence-electron chi connectivity index (χ2n) is 3.22. The summed E-state index contributed by atoms with van der Waals surface area (Å²) < 4.78 is 2.55. The number of nitrogens with zero attached hydrogens (tertiary/aromatic N) is 3. The molecule has 0 bridgehead atoms. The molecule has 2 heterocycles. The highest BCUT2D eigenvalue weighted by atomic mass is 35.5. The van der Waals surface area contributed by atoms with E-state index in [0.29, 0.717) is 15.2 Å². The SMILES string of the molecule is Nc1nnc(Sc2nc3c(Cl)cc(Cl)cc3s2)s1. The molecule has 0 unspecified atom stereocenters. The van der Waals surface area contributed by atoms with Gasteiger partial charge in [-0.15, -0.1) is 21.5 Å². The third-order valence-electron chi connectivity index (χ3n) is 1.99. The van der Waals surface area contributed by atoms with Crippen LogP contribution in [0.15, 0.2) is 20.8 Å². The van der Waals surface area contributed by atoms with Gasteiger partial charge in [-0.3, -0.25) is 0 Å². The molecule has 4 nitrogen and oxygen atoms in total. The molecule has 0 amide bonds. The van der Waals surface area contributed by atoms with E-state index in [9.17, 15) is 0 Å². The molecule has 0 aliphatic rings. The fourth-order valence-corrected chi connectivity index (χ4v) is 4.94. The van der Waals surface area contributed by atoms with Gasteiger partial charge in [0.05, 0.1) is 9.72 Å². The topological polar surface area (TPSA) is 64.7 Å². The van der Waals surface area contributed by atoms with Crippen LogP contribution in [0.2, 0.25) is 10.0 Å². The number of hydrogen-bond donors (Lipinski definition) is 1. The lowest BCUT2D eigenvalue weighted by Gasteiger charge is -1.92. The monoisotopic (exact) mass is 334 g/mol. The van der Waals surface area contributed by atoms with E-state index in [1.54, 1.807) is 6.07 Å². The molecule has 2 aromatic heterocycles. The predicted octanol–water partition coefficient (Wildman–Crippen LogP) is 4.19. The van der Waals surface area contributed by atoms with Crippen molar-refractivity contribution in [2.45, 2.75) is 8.68 Å². The van der Waals surface area contributed by atoms with E-state index in [-0.39, 0.29) is 0 Å². The minimum absolute atomic E-state index is 0.444. The zero-order valence-corrected chi connectivity index (χ0v) is 12.5. The Morgan fingerprint density at radius 1 is 1.11 bits per heavy atom. The van der Waals surface area contributed by atoms with Crippen molar-refractivity contribution < 1.29 is 0 Å². The van der Waals surface area contributed by atoms with Gasteiger partial charge in [0, 0.05) is 5.02 Å². The molecule has 2 N–H and O–H groups in total. The Kier molecular flexibility index (Phi) is 3.33. The molecule has 0 atom stereocenters. The van der Waals surface area contributed by atoms with Crippen LogP contribution in [0.3, 0.4) is 0 Å². The van der Waals surface area contributed by atoms with E-state index < -0.39 is 0 Å². The van der Waals surface area contributed by atoms with E-state index >= 15 is 0 Å². The van der Waals surface area contributed by atoms with Crippen molar-refractivity contribution >= 4 is 73.0 Å². The molecular formula is C9H4Cl2N4S3. The summed E-state index contributed by atoms with van der Waals surface area (Å²) in [5.74, 6) is 0. The second-order valence-corrected chi connectivity index (χ2v) is 7.60. The van der Waals surface area contributed by atoms with Crippen LogP contribution in [0, 0.1) is 0 Å². The lowest BCUT2D eigenvalue weighted by molar-refractivity contribution is 1.02. The first kappa shape index (κ1) is 12.4. The summed E-state index contributed by atoms with van der Waals surface area (Å²) in [5.41, 5.74) is 6.28. The van der Waals surface area contributed by atoms with E-state index in [1.165, 1.54) is 34.4 Å². The normalized spacial score (nSPS) is 11.2. The highest BCUT2D eigenvalue weighted by Gasteiger charge is 2.12. The highest BCUT2D eigenvalue weighted by Crippen LogP contribution is 2.39. The van der Waals surface area contributed by atoms with Gasteiger partial charge in [-0.25, -0.2) is 4.98 Å². The third-order valence-corrected chi connectivity index (χ3v) is 5.36. The number of halogens is 2. The van der Waals surface area contributed by atoms with Gasteiger partial charge in [0.15, 0.2) is 8.68 Å². The molecule has 0 saturated carbocycles. The molecule has 9 heteroatoms. The highest BCUT2D eigenvalue weighted by molar-refractivity contribution is 8.02. The van der Waals surface area contributed by atoms with Gasteiger partial charge in [0.2, 0.25) is 5.13 Å². The molecule has 0 aliphatic heterocycles. The van der Waals surface area contributed by atoms with Gasteiger partial charge in [0.25, 0.3) is 0 Å². The quantitative estimate of drug-likeness (QED) is 0.761. The summed E-state index contributed by atoms with van der Waals surface area (Å²) in [6.45, 7) is 0. The number of benzene rings is 1. The van der Waals surface area contributed by atoms with Crippen LogP contribution in [0.4, 0.5) is 5.13 Å². The van der Waals surface area contributed by atoms with Crippen molar-refractivity contribution in [1.29, 1.82) is 0 Å². The summed E-state index contributed by atoms with van der Waals surface area (Å²) >= 11 is 16.3. The van der Waals surface area contributed by atoms with Crippen LogP contribution in [0.25, 0.3) is 10.2 Å². The average molecular weight is 335 g/mol. The molecule has 0 fully saturated rings. The van der Waals surface area contributed by atoms with Crippen LogP contribution in [0.1, 0.15) is 0 Å². The first-order chi connectivity index (χ1) is 8.61. The van der Waals surface area contributed by atoms with Crippen molar-refractivity contribution in [2.75, 3.05) is 5.73 Å². The maximum atomic E-state index is 6.09. The van der Waals surface area contributed by atoms with Crippen LogP contribution < -0.4 is 5.73 Å². The Labute approximate surface area is 124 Å². The first-order valence-electron chi connectivity index (χ1n) is 4.64. The minimum atomic E-state index is 0.444. The molecule has 0 aliphatic carbocycles. The summed E-state index contributed by atoms with van der Waals surface area (Å²) in [6, 6.07) is 3.53. The minimum Gasteiger partial charge on any atom is -0.374 e.